The van der Waals surface area contributed by atoms with Crippen molar-refractivity contribution in [1.29, 1.82) is 0 Å². The maximum atomic E-state index is 6.30. The summed E-state index contributed by atoms with van der Waals surface area (Å²) in [5, 5.41) is 4.04. The van der Waals surface area contributed by atoms with Gasteiger partial charge in [-0.05, 0) is 55.8 Å². The van der Waals surface area contributed by atoms with E-state index in [2.05, 4.69) is 64.4 Å². The van der Waals surface area contributed by atoms with E-state index in [9.17, 15) is 0 Å². The molecule has 2 heterocycles. The van der Waals surface area contributed by atoms with Crippen LogP contribution in [0.3, 0.4) is 0 Å². The number of rotatable bonds is 3. The number of hydrogen-bond acceptors (Lipinski definition) is 4. The summed E-state index contributed by atoms with van der Waals surface area (Å²) in [5.41, 5.74) is 3.76. The van der Waals surface area contributed by atoms with Gasteiger partial charge in [0.2, 0.25) is 5.28 Å². The monoisotopic (exact) mass is 370 g/mol. The van der Waals surface area contributed by atoms with Gasteiger partial charge in [-0.15, -0.1) is 0 Å². The fourth-order valence-corrected chi connectivity index (χ4v) is 4.49. The number of piperidine rings is 1. The number of hydrogen-bond donors (Lipinski definition) is 1. The second-order valence-corrected chi connectivity index (χ2v) is 8.49. The highest BCUT2D eigenvalue weighted by atomic mass is 35.5. The lowest BCUT2D eigenvalue weighted by Crippen LogP contribution is -2.41. The predicted octanol–water partition coefficient (Wildman–Crippen LogP) is 4.82. The SMILES string of the molecule is CC1(C)CCCc2c(N3CCC(Nc4ccccc4)CC3)nc(Cl)nc21. The van der Waals surface area contributed by atoms with E-state index in [1.807, 2.05) is 0 Å². The van der Waals surface area contributed by atoms with Crippen LogP contribution >= 0.6 is 11.6 Å². The Labute approximate surface area is 161 Å². The molecule has 4 rings (SSSR count). The summed E-state index contributed by atoms with van der Waals surface area (Å²) < 4.78 is 0. The van der Waals surface area contributed by atoms with Crippen molar-refractivity contribution in [2.24, 2.45) is 0 Å². The van der Waals surface area contributed by atoms with Crippen molar-refractivity contribution in [3.8, 4) is 0 Å². The van der Waals surface area contributed by atoms with Crippen LogP contribution in [0.15, 0.2) is 30.3 Å². The lowest BCUT2D eigenvalue weighted by molar-refractivity contribution is 0.415. The molecule has 0 bridgehead atoms. The highest BCUT2D eigenvalue weighted by Gasteiger charge is 2.33. The maximum Gasteiger partial charge on any atom is 0.224 e. The summed E-state index contributed by atoms with van der Waals surface area (Å²) >= 11 is 6.30. The number of nitrogens with one attached hydrogen (secondary N) is 1. The molecule has 1 saturated heterocycles. The van der Waals surface area contributed by atoms with Crippen molar-refractivity contribution in [2.45, 2.75) is 57.4 Å². The fraction of sp³-hybridized carbons (Fsp3) is 0.524. The standard InChI is InChI=1S/C21H27ClN4/c1-21(2)12-6-9-17-18(21)24-20(22)25-19(17)26-13-10-16(11-14-26)23-15-7-4-3-5-8-15/h3-5,7-8,16,23H,6,9-14H2,1-2H3. The molecule has 0 amide bonds. The van der Waals surface area contributed by atoms with Gasteiger partial charge in [0.1, 0.15) is 5.82 Å². The Bertz CT molecular complexity index is 767. The molecule has 0 saturated carbocycles. The van der Waals surface area contributed by atoms with Crippen molar-refractivity contribution in [3.63, 3.8) is 0 Å². The molecule has 5 heteroatoms. The first-order valence-corrected chi connectivity index (χ1v) is 10.0. The molecule has 2 aromatic rings. The van der Waals surface area contributed by atoms with Crippen molar-refractivity contribution >= 4 is 23.1 Å². The van der Waals surface area contributed by atoms with Gasteiger partial charge in [-0.25, -0.2) is 9.97 Å². The molecule has 138 valence electrons. The Morgan fingerprint density at radius 1 is 1.12 bits per heavy atom. The number of para-hydroxylation sites is 1. The first-order valence-electron chi connectivity index (χ1n) is 9.66. The van der Waals surface area contributed by atoms with Gasteiger partial charge in [0.05, 0.1) is 5.69 Å². The Hall–Kier alpha value is -1.81. The van der Waals surface area contributed by atoms with E-state index in [-0.39, 0.29) is 5.41 Å². The van der Waals surface area contributed by atoms with Crippen LogP contribution in [0.4, 0.5) is 11.5 Å². The third kappa shape index (κ3) is 3.52. The Morgan fingerprint density at radius 3 is 2.58 bits per heavy atom. The first-order chi connectivity index (χ1) is 12.5. The van der Waals surface area contributed by atoms with Crippen LogP contribution in [0.1, 0.15) is 50.8 Å². The minimum atomic E-state index is 0.0854. The summed E-state index contributed by atoms with van der Waals surface area (Å²) in [6, 6.07) is 11.0. The van der Waals surface area contributed by atoms with Crippen molar-refractivity contribution < 1.29 is 0 Å². The van der Waals surface area contributed by atoms with Crippen LogP contribution in [-0.2, 0) is 11.8 Å². The molecular formula is C21H27ClN4. The van der Waals surface area contributed by atoms with Gasteiger partial charge in [-0.1, -0.05) is 32.0 Å². The zero-order valence-corrected chi connectivity index (χ0v) is 16.4. The molecule has 1 aliphatic carbocycles. The van der Waals surface area contributed by atoms with Gasteiger partial charge in [-0.2, -0.15) is 0 Å². The number of fused-ring (bicyclic) bond motifs is 1. The van der Waals surface area contributed by atoms with Crippen molar-refractivity contribution in [3.05, 3.63) is 46.9 Å². The third-order valence-electron chi connectivity index (χ3n) is 5.77. The zero-order valence-electron chi connectivity index (χ0n) is 15.6. The zero-order chi connectivity index (χ0) is 18.1. The van der Waals surface area contributed by atoms with Gasteiger partial charge in [0.25, 0.3) is 0 Å². The molecule has 1 N–H and O–H groups in total. The van der Waals surface area contributed by atoms with Gasteiger partial charge < -0.3 is 10.2 Å². The number of anilines is 2. The molecule has 1 aromatic carbocycles. The molecule has 26 heavy (non-hydrogen) atoms. The smallest absolute Gasteiger partial charge is 0.224 e. The van der Waals surface area contributed by atoms with E-state index in [4.69, 9.17) is 11.6 Å². The van der Waals surface area contributed by atoms with Gasteiger partial charge >= 0.3 is 0 Å². The predicted molar refractivity (Wildman–Crippen MR) is 108 cm³/mol. The minimum absolute atomic E-state index is 0.0854. The minimum Gasteiger partial charge on any atom is -0.382 e. The van der Waals surface area contributed by atoms with E-state index in [0.717, 1.165) is 50.3 Å². The molecule has 0 unspecified atom stereocenters. The molecule has 1 fully saturated rings. The highest BCUT2D eigenvalue weighted by Crippen LogP contribution is 2.40. The van der Waals surface area contributed by atoms with Gasteiger partial charge in [-0.3, -0.25) is 0 Å². The summed E-state index contributed by atoms with van der Waals surface area (Å²) in [4.78, 5) is 11.7. The number of nitrogens with zero attached hydrogens (tertiary/aromatic N) is 3. The second-order valence-electron chi connectivity index (χ2n) is 8.15. The normalized spacial score (nSPS) is 19.9. The molecule has 0 atom stereocenters. The first kappa shape index (κ1) is 17.6. The quantitative estimate of drug-likeness (QED) is 0.786. The Kier molecular flexibility index (Phi) is 4.78. The van der Waals surface area contributed by atoms with E-state index in [1.165, 1.54) is 17.7 Å². The fourth-order valence-electron chi connectivity index (χ4n) is 4.33. The summed E-state index contributed by atoms with van der Waals surface area (Å²) in [6.45, 7) is 6.55. The summed E-state index contributed by atoms with van der Waals surface area (Å²) in [6.07, 6.45) is 5.64. The van der Waals surface area contributed by atoms with Crippen molar-refractivity contribution in [1.82, 2.24) is 9.97 Å². The van der Waals surface area contributed by atoms with Crippen LogP contribution < -0.4 is 10.2 Å². The maximum absolute atomic E-state index is 6.30. The molecule has 0 spiro atoms. The lowest BCUT2D eigenvalue weighted by atomic mass is 9.76. The van der Waals surface area contributed by atoms with Gasteiger partial charge in [0, 0.05) is 35.8 Å². The molecule has 4 nitrogen and oxygen atoms in total. The van der Waals surface area contributed by atoms with Crippen LogP contribution in [0.2, 0.25) is 5.28 Å². The summed E-state index contributed by atoms with van der Waals surface area (Å²) in [7, 11) is 0. The molecule has 0 radical (unpaired) electrons. The molecule has 1 aliphatic heterocycles. The lowest BCUT2D eigenvalue weighted by Gasteiger charge is -2.38. The summed E-state index contributed by atoms with van der Waals surface area (Å²) in [5.74, 6) is 1.07. The van der Waals surface area contributed by atoms with Crippen LogP contribution in [0, 0.1) is 0 Å². The van der Waals surface area contributed by atoms with Gasteiger partial charge in [0.15, 0.2) is 0 Å². The molecule has 1 aromatic heterocycles. The van der Waals surface area contributed by atoms with Crippen LogP contribution in [0.25, 0.3) is 0 Å². The van der Waals surface area contributed by atoms with E-state index < -0.39 is 0 Å². The second kappa shape index (κ2) is 7.07. The average Bonchev–Trinajstić information content (AvgIpc) is 2.63. The Balaban J connectivity index is 1.51. The molecule has 2 aliphatic rings. The van der Waals surface area contributed by atoms with Crippen molar-refractivity contribution in [2.75, 3.05) is 23.3 Å². The number of benzene rings is 1. The average molecular weight is 371 g/mol. The largest absolute Gasteiger partial charge is 0.382 e. The van der Waals surface area contributed by atoms with Crippen LogP contribution in [0.5, 0.6) is 0 Å². The van der Waals surface area contributed by atoms with E-state index in [0.29, 0.717) is 11.3 Å². The number of halogens is 1. The van der Waals surface area contributed by atoms with E-state index >= 15 is 0 Å². The molecular weight excluding hydrogens is 344 g/mol. The van der Waals surface area contributed by atoms with Crippen LogP contribution in [-0.4, -0.2) is 29.1 Å². The topological polar surface area (TPSA) is 41.0 Å². The number of aromatic nitrogens is 2. The third-order valence-corrected chi connectivity index (χ3v) is 5.94. The Morgan fingerprint density at radius 2 is 1.85 bits per heavy atom. The highest BCUT2D eigenvalue weighted by molar-refractivity contribution is 6.28. The van der Waals surface area contributed by atoms with E-state index in [1.54, 1.807) is 0 Å².